The van der Waals surface area contributed by atoms with E-state index in [9.17, 15) is 26.3 Å². The van der Waals surface area contributed by atoms with Crippen LogP contribution in [0.15, 0.2) is 162 Å². The van der Waals surface area contributed by atoms with Crippen LogP contribution >= 0.6 is 23.1 Å². The number of alkyl halides is 6. The predicted molar refractivity (Wildman–Crippen MR) is 249 cm³/mol. The molecule has 1 aliphatic heterocycles. The number of nitrogens with zero attached hydrogens (tertiary/aromatic N) is 2. The molecule has 2 aliphatic rings. The number of hydrogen-bond acceptors (Lipinski definition) is 3. The van der Waals surface area contributed by atoms with Gasteiger partial charge in [-0.05, 0) is 124 Å². The summed E-state index contributed by atoms with van der Waals surface area (Å²) in [5, 5.41) is 0.987. The molecule has 0 spiro atoms. The summed E-state index contributed by atoms with van der Waals surface area (Å²) >= 11 is 3.32. The summed E-state index contributed by atoms with van der Waals surface area (Å²) in [6, 6.07) is 36.5. The predicted octanol–water partition coefficient (Wildman–Crippen LogP) is 15.8. The maximum Gasteiger partial charge on any atom is 0.416 e. The van der Waals surface area contributed by atoms with E-state index in [0.29, 0.717) is 36.0 Å². The molecule has 0 atom stereocenters. The number of rotatable bonds is 8. The lowest BCUT2D eigenvalue weighted by atomic mass is 9.81. The molecule has 1 aliphatic carbocycles. The van der Waals surface area contributed by atoms with Crippen molar-refractivity contribution >= 4 is 66.7 Å². The third-order valence-corrected chi connectivity index (χ3v) is 13.3. The fourth-order valence-corrected chi connectivity index (χ4v) is 10.1. The Hall–Kier alpha value is -5.84. The molecule has 0 unspecified atom stereocenters. The summed E-state index contributed by atoms with van der Waals surface area (Å²) in [4.78, 5) is 7.17. The van der Waals surface area contributed by atoms with Crippen molar-refractivity contribution in [3.63, 3.8) is 0 Å². The van der Waals surface area contributed by atoms with Crippen molar-refractivity contribution in [3.8, 4) is 10.4 Å². The van der Waals surface area contributed by atoms with Crippen LogP contribution in [0.2, 0.25) is 0 Å². The Morgan fingerprint density at radius 2 is 1.24 bits per heavy atom. The van der Waals surface area contributed by atoms with Gasteiger partial charge in [-0.3, -0.25) is 0 Å². The minimum atomic E-state index is -5.00. The van der Waals surface area contributed by atoms with Crippen LogP contribution in [0.5, 0.6) is 0 Å². The molecule has 0 saturated heterocycles. The Bertz CT molecular complexity index is 2780. The van der Waals surface area contributed by atoms with Crippen LogP contribution < -0.4 is 9.80 Å². The molecule has 2 nitrogen and oxygen atoms in total. The van der Waals surface area contributed by atoms with Gasteiger partial charge in [-0.2, -0.15) is 26.3 Å². The topological polar surface area (TPSA) is 6.48 Å². The minimum Gasteiger partial charge on any atom is -0.378 e. The molecule has 62 heavy (non-hydrogen) atoms. The fraction of sp³-hybridized carbons (Fsp3) is 0.173. The molecular formula is C52H43F6N2S2+. The second-order valence-electron chi connectivity index (χ2n) is 15.8. The van der Waals surface area contributed by atoms with Crippen molar-refractivity contribution < 1.29 is 26.3 Å². The Morgan fingerprint density at radius 3 is 1.89 bits per heavy atom. The van der Waals surface area contributed by atoms with E-state index in [4.69, 9.17) is 0 Å². The van der Waals surface area contributed by atoms with Gasteiger partial charge >= 0.3 is 12.4 Å². The highest BCUT2D eigenvalue weighted by Gasteiger charge is 2.38. The maximum atomic E-state index is 14.4. The summed E-state index contributed by atoms with van der Waals surface area (Å²) in [6.45, 7) is 0. The summed E-state index contributed by atoms with van der Waals surface area (Å²) < 4.78 is 87.6. The lowest BCUT2D eigenvalue weighted by Crippen LogP contribution is -2.13. The zero-order chi connectivity index (χ0) is 43.8. The van der Waals surface area contributed by atoms with E-state index >= 15 is 0 Å². The first kappa shape index (κ1) is 42.8. The van der Waals surface area contributed by atoms with Crippen LogP contribution in [0.3, 0.4) is 0 Å². The number of hydrogen-bond donors (Lipinski definition) is 0. The summed E-state index contributed by atoms with van der Waals surface area (Å²) in [7, 11) is 7.93. The Morgan fingerprint density at radius 1 is 0.613 bits per heavy atom. The van der Waals surface area contributed by atoms with E-state index in [2.05, 4.69) is 36.4 Å². The molecule has 6 aromatic rings. The summed E-state index contributed by atoms with van der Waals surface area (Å²) in [6.07, 6.45) is 1.38. The zero-order valence-electron chi connectivity index (χ0n) is 34.5. The van der Waals surface area contributed by atoms with Crippen LogP contribution in [-0.2, 0) is 12.4 Å². The van der Waals surface area contributed by atoms with Crippen molar-refractivity contribution in [2.45, 2.75) is 36.5 Å². The van der Waals surface area contributed by atoms with Gasteiger partial charge in [-0.1, -0.05) is 90.7 Å². The highest BCUT2D eigenvalue weighted by molar-refractivity contribution is 8.08. The van der Waals surface area contributed by atoms with Gasteiger partial charge in [0, 0.05) is 72.4 Å². The Kier molecular flexibility index (Phi) is 12.1. The molecule has 2 heterocycles. The lowest BCUT2D eigenvalue weighted by molar-refractivity contribution is -0.143. The number of anilines is 2. The molecule has 0 saturated carbocycles. The molecule has 314 valence electrons. The average molecular weight is 874 g/mol. The van der Waals surface area contributed by atoms with Crippen molar-refractivity contribution in [2.24, 2.45) is 0 Å². The first-order valence-electron chi connectivity index (χ1n) is 20.1. The van der Waals surface area contributed by atoms with Crippen LogP contribution in [0, 0.1) is 0 Å². The van der Waals surface area contributed by atoms with Crippen LogP contribution in [-0.4, -0.2) is 28.2 Å². The summed E-state index contributed by atoms with van der Waals surface area (Å²) in [5.41, 5.74) is 5.80. The quantitative estimate of drug-likeness (QED) is 0.111. The normalized spacial score (nSPS) is 16.0. The van der Waals surface area contributed by atoms with Gasteiger partial charge in [0.1, 0.15) is 0 Å². The van der Waals surface area contributed by atoms with Crippen molar-refractivity contribution in [1.82, 2.24) is 0 Å². The van der Waals surface area contributed by atoms with E-state index in [1.54, 1.807) is 23.1 Å². The molecule has 8 rings (SSSR count). The minimum absolute atomic E-state index is 0.118. The third-order valence-electron chi connectivity index (χ3n) is 11.1. The van der Waals surface area contributed by atoms with Gasteiger partial charge in [0.25, 0.3) is 0 Å². The lowest BCUT2D eigenvalue weighted by Gasteiger charge is -2.24. The third kappa shape index (κ3) is 9.32. The van der Waals surface area contributed by atoms with Gasteiger partial charge in [0.15, 0.2) is 0 Å². The van der Waals surface area contributed by atoms with Crippen molar-refractivity contribution in [1.29, 1.82) is 0 Å². The molecule has 0 fully saturated rings. The van der Waals surface area contributed by atoms with E-state index in [1.165, 1.54) is 0 Å². The molecule has 1 aromatic heterocycles. The fourth-order valence-electron chi connectivity index (χ4n) is 7.83. The highest BCUT2D eigenvalue weighted by atomic mass is 32.2. The number of benzene rings is 5. The number of allylic oxidation sites excluding steroid dienone is 8. The van der Waals surface area contributed by atoms with Crippen LogP contribution in [0.25, 0.3) is 42.7 Å². The van der Waals surface area contributed by atoms with E-state index in [0.717, 1.165) is 76.1 Å². The van der Waals surface area contributed by atoms with Gasteiger partial charge < -0.3 is 9.80 Å². The number of fused-ring (bicyclic) bond motifs is 2. The molecule has 0 radical (unpaired) electrons. The van der Waals surface area contributed by atoms with E-state index < -0.39 is 23.5 Å². The summed E-state index contributed by atoms with van der Waals surface area (Å²) in [5.74, 6) is 0. The van der Waals surface area contributed by atoms with Gasteiger partial charge in [0.2, 0.25) is 20.9 Å². The van der Waals surface area contributed by atoms with Crippen LogP contribution in [0.4, 0.5) is 37.7 Å². The highest BCUT2D eigenvalue weighted by Crippen LogP contribution is 2.47. The molecule has 0 amide bonds. The molecule has 5 aromatic carbocycles. The SMILES string of the molecule is CN(C)c1ccc2c(c1)SC(c1ccccc1)=C/C2=C\C=C1/CCCC(/C=C/c2cc(-c3ccccc3)[s+]c3cc(N(C)C)ccc23)=C1c1cc(C(F)(F)F)cc(C(F)(F)F)c1. The number of thioether (sulfide) groups is 1. The standard InChI is InChI=1S/C52H43F6N2S2/c1-59(2)42-22-24-44-37(28-46(61-48(44)31-42)33-12-7-5-8-13-33)20-18-35-16-11-17-36(50(35)39-26-40(51(53,54)55)30-41(27-39)52(56,57)58)19-21-38-29-47(34-14-9-6-10-15-34)62-49-32-43(60(3)4)23-25-45(38)49/h5-10,12-15,18-32H,11,16-17H2,1-4H3/q+1. The maximum absolute atomic E-state index is 14.4. The Labute approximate surface area is 366 Å². The smallest absolute Gasteiger partial charge is 0.378 e. The van der Waals surface area contributed by atoms with E-state index in [1.807, 2.05) is 135 Å². The second-order valence-corrected chi connectivity index (χ2v) is 17.9. The second kappa shape index (κ2) is 17.5. The van der Waals surface area contributed by atoms with Crippen molar-refractivity contribution in [3.05, 3.63) is 190 Å². The largest absolute Gasteiger partial charge is 0.416 e. The van der Waals surface area contributed by atoms with E-state index in [-0.39, 0.29) is 11.6 Å². The van der Waals surface area contributed by atoms with Crippen molar-refractivity contribution in [2.75, 3.05) is 38.0 Å². The number of halogens is 6. The first-order valence-corrected chi connectivity index (χ1v) is 21.8. The molecule has 0 bridgehead atoms. The van der Waals surface area contributed by atoms with Gasteiger partial charge in [0.05, 0.1) is 11.1 Å². The first-order chi connectivity index (χ1) is 29.6. The Balaban J connectivity index is 1.34. The molecular weight excluding hydrogens is 831 g/mol. The van der Waals surface area contributed by atoms with Gasteiger partial charge in [-0.15, -0.1) is 0 Å². The van der Waals surface area contributed by atoms with Crippen LogP contribution in [0.1, 0.15) is 52.6 Å². The monoisotopic (exact) mass is 873 g/mol. The molecule has 0 N–H and O–H groups in total. The molecule has 10 heteroatoms. The zero-order valence-corrected chi connectivity index (χ0v) is 36.2. The average Bonchev–Trinajstić information content (AvgIpc) is 3.26. The van der Waals surface area contributed by atoms with Gasteiger partial charge in [-0.25, -0.2) is 0 Å².